The molecule has 0 atom stereocenters. The molecule has 28 heavy (non-hydrogen) atoms. The lowest BCUT2D eigenvalue weighted by Crippen LogP contribution is -2.27. The minimum absolute atomic E-state index is 0.0984. The Labute approximate surface area is 174 Å². The van der Waals surface area contributed by atoms with Crippen LogP contribution in [-0.2, 0) is 9.59 Å². The predicted octanol–water partition coefficient (Wildman–Crippen LogP) is 5.64. The summed E-state index contributed by atoms with van der Waals surface area (Å²) in [5.74, 6) is -0.0984. The molecule has 3 rings (SSSR count). The maximum absolute atomic E-state index is 12.8. The first-order valence-electron chi connectivity index (χ1n) is 8.73. The largest absolute Gasteiger partial charge is 0.298 e. The van der Waals surface area contributed by atoms with Crippen LogP contribution in [0.15, 0.2) is 76.7 Å². The molecule has 0 N–H and O–H groups in total. The van der Waals surface area contributed by atoms with Gasteiger partial charge in [-0.25, -0.2) is 0 Å². The Morgan fingerprint density at radius 1 is 0.929 bits per heavy atom. The van der Waals surface area contributed by atoms with Gasteiger partial charge < -0.3 is 0 Å². The zero-order valence-corrected chi connectivity index (χ0v) is 17.2. The van der Waals surface area contributed by atoms with E-state index in [-0.39, 0.29) is 5.91 Å². The third kappa shape index (κ3) is 4.74. The monoisotopic (exact) mass is 405 g/mol. The SMILES string of the molecule is C/C(C=O)=C/c1ccc(/C=C(C)\C=C2/SC(=S)N(c3ccccc3)C2=O)cc1. The maximum Gasteiger partial charge on any atom is 0.270 e. The Balaban J connectivity index is 1.79. The van der Waals surface area contributed by atoms with E-state index in [0.29, 0.717) is 14.8 Å². The van der Waals surface area contributed by atoms with E-state index in [0.717, 1.165) is 28.7 Å². The van der Waals surface area contributed by atoms with Gasteiger partial charge in [0.15, 0.2) is 4.32 Å². The Morgan fingerprint density at radius 2 is 1.50 bits per heavy atom. The molecule has 2 aromatic rings. The number of aldehydes is 1. The van der Waals surface area contributed by atoms with Gasteiger partial charge in [0, 0.05) is 0 Å². The predicted molar refractivity (Wildman–Crippen MR) is 122 cm³/mol. The summed E-state index contributed by atoms with van der Waals surface area (Å²) in [6, 6.07) is 17.3. The van der Waals surface area contributed by atoms with Crippen molar-refractivity contribution >= 4 is 58.3 Å². The highest BCUT2D eigenvalue weighted by atomic mass is 32.2. The van der Waals surface area contributed by atoms with Crippen LogP contribution < -0.4 is 4.90 Å². The molecule has 0 aliphatic carbocycles. The molecule has 1 amide bonds. The highest BCUT2D eigenvalue weighted by Gasteiger charge is 2.33. The third-order valence-corrected chi connectivity index (χ3v) is 5.38. The summed E-state index contributed by atoms with van der Waals surface area (Å²) in [7, 11) is 0. The number of carbonyl (C=O) groups is 2. The molecular formula is C23H19NO2S2. The van der Waals surface area contributed by atoms with E-state index in [1.807, 2.05) is 79.7 Å². The molecule has 0 aromatic heterocycles. The van der Waals surface area contributed by atoms with Gasteiger partial charge in [0.05, 0.1) is 10.6 Å². The number of amides is 1. The summed E-state index contributed by atoms with van der Waals surface area (Å²) in [5, 5.41) is 0. The van der Waals surface area contributed by atoms with Gasteiger partial charge >= 0.3 is 0 Å². The standard InChI is InChI=1S/C23H19NO2S2/c1-16(12-18-8-10-19(11-9-18)13-17(2)15-25)14-21-22(26)24(23(27)28-21)20-6-4-3-5-7-20/h3-15H,1-2H3/b16-12-,17-13-,21-14-. The highest BCUT2D eigenvalue weighted by Crippen LogP contribution is 2.35. The van der Waals surface area contributed by atoms with Crippen LogP contribution in [0.1, 0.15) is 25.0 Å². The van der Waals surface area contributed by atoms with Crippen LogP contribution in [0.5, 0.6) is 0 Å². The summed E-state index contributed by atoms with van der Waals surface area (Å²) in [4.78, 5) is 25.7. The van der Waals surface area contributed by atoms with Crippen LogP contribution in [0.4, 0.5) is 5.69 Å². The lowest BCUT2D eigenvalue weighted by Gasteiger charge is -2.13. The Hall–Kier alpha value is -2.76. The number of nitrogens with zero attached hydrogens (tertiary/aromatic N) is 1. The number of rotatable bonds is 5. The summed E-state index contributed by atoms with van der Waals surface area (Å²) >= 11 is 6.71. The number of thioether (sulfide) groups is 1. The molecule has 2 aromatic carbocycles. The molecule has 1 saturated heterocycles. The van der Waals surface area contributed by atoms with Gasteiger partial charge in [0.25, 0.3) is 5.91 Å². The van der Waals surface area contributed by atoms with Crippen molar-refractivity contribution < 1.29 is 9.59 Å². The van der Waals surface area contributed by atoms with Crippen LogP contribution >= 0.6 is 24.0 Å². The first-order valence-corrected chi connectivity index (χ1v) is 9.95. The fourth-order valence-electron chi connectivity index (χ4n) is 2.76. The first-order chi connectivity index (χ1) is 13.5. The van der Waals surface area contributed by atoms with Crippen molar-refractivity contribution in [3.8, 4) is 0 Å². The second kappa shape index (κ2) is 8.95. The normalized spacial score (nSPS) is 16.8. The minimum atomic E-state index is -0.0984. The third-order valence-electron chi connectivity index (χ3n) is 4.08. The second-order valence-electron chi connectivity index (χ2n) is 6.41. The van der Waals surface area contributed by atoms with E-state index < -0.39 is 0 Å². The summed E-state index contributed by atoms with van der Waals surface area (Å²) < 4.78 is 0.539. The van der Waals surface area contributed by atoms with E-state index in [1.165, 1.54) is 11.8 Å². The van der Waals surface area contributed by atoms with E-state index >= 15 is 0 Å². The Morgan fingerprint density at radius 3 is 2.07 bits per heavy atom. The average Bonchev–Trinajstić information content (AvgIpc) is 2.97. The maximum atomic E-state index is 12.8. The molecule has 140 valence electrons. The number of benzene rings is 2. The molecule has 0 spiro atoms. The first kappa shape index (κ1) is 20.0. The number of allylic oxidation sites excluding steroid dienone is 3. The summed E-state index contributed by atoms with van der Waals surface area (Å²) in [5.41, 5.74) is 4.42. The molecule has 1 aliphatic heterocycles. The van der Waals surface area contributed by atoms with E-state index in [2.05, 4.69) is 0 Å². The number of hydrogen-bond acceptors (Lipinski definition) is 4. The number of anilines is 1. The van der Waals surface area contributed by atoms with Crippen molar-refractivity contribution in [2.24, 2.45) is 0 Å². The van der Waals surface area contributed by atoms with Crippen molar-refractivity contribution in [3.63, 3.8) is 0 Å². The van der Waals surface area contributed by atoms with Gasteiger partial charge in [-0.05, 0) is 60.4 Å². The average molecular weight is 406 g/mol. The molecule has 0 saturated carbocycles. The van der Waals surface area contributed by atoms with Gasteiger partial charge in [0.1, 0.15) is 6.29 Å². The van der Waals surface area contributed by atoms with Crippen LogP contribution in [0.25, 0.3) is 12.2 Å². The van der Waals surface area contributed by atoms with Gasteiger partial charge in [0.2, 0.25) is 0 Å². The fraction of sp³-hybridized carbons (Fsp3) is 0.0870. The van der Waals surface area contributed by atoms with Crippen molar-refractivity contribution in [3.05, 3.63) is 87.9 Å². The topological polar surface area (TPSA) is 37.4 Å². The molecular weight excluding hydrogens is 386 g/mol. The van der Waals surface area contributed by atoms with E-state index in [1.54, 1.807) is 11.8 Å². The van der Waals surface area contributed by atoms with E-state index in [4.69, 9.17) is 12.2 Å². The Bertz CT molecular complexity index is 1000. The van der Waals surface area contributed by atoms with Gasteiger partial charge in [-0.3, -0.25) is 14.5 Å². The quantitative estimate of drug-likeness (QED) is 0.366. The zero-order valence-electron chi connectivity index (χ0n) is 15.6. The van der Waals surface area contributed by atoms with Gasteiger partial charge in [-0.2, -0.15) is 0 Å². The van der Waals surface area contributed by atoms with Gasteiger partial charge in [-0.1, -0.05) is 72.5 Å². The second-order valence-corrected chi connectivity index (χ2v) is 8.09. The molecule has 1 heterocycles. The van der Waals surface area contributed by atoms with Crippen LogP contribution in [0.3, 0.4) is 0 Å². The van der Waals surface area contributed by atoms with Crippen LogP contribution in [-0.4, -0.2) is 16.5 Å². The van der Waals surface area contributed by atoms with Crippen molar-refractivity contribution in [1.82, 2.24) is 0 Å². The number of carbonyl (C=O) groups excluding carboxylic acids is 2. The molecule has 5 heteroatoms. The molecule has 1 aliphatic rings. The van der Waals surface area contributed by atoms with Crippen molar-refractivity contribution in [2.45, 2.75) is 13.8 Å². The number of para-hydroxylation sites is 1. The van der Waals surface area contributed by atoms with E-state index in [9.17, 15) is 9.59 Å². The minimum Gasteiger partial charge on any atom is -0.298 e. The summed E-state index contributed by atoms with van der Waals surface area (Å²) in [6.45, 7) is 3.73. The van der Waals surface area contributed by atoms with Crippen LogP contribution in [0, 0.1) is 0 Å². The number of hydrogen-bond donors (Lipinski definition) is 0. The zero-order chi connectivity index (χ0) is 20.1. The smallest absolute Gasteiger partial charge is 0.270 e. The molecule has 0 unspecified atom stereocenters. The lowest BCUT2D eigenvalue weighted by atomic mass is 10.1. The van der Waals surface area contributed by atoms with Crippen LogP contribution in [0.2, 0.25) is 0 Å². The molecule has 0 bridgehead atoms. The fourth-order valence-corrected chi connectivity index (χ4v) is 4.11. The van der Waals surface area contributed by atoms with Gasteiger partial charge in [-0.15, -0.1) is 0 Å². The number of thiocarbonyl (C=S) groups is 1. The summed E-state index contributed by atoms with van der Waals surface area (Å²) in [6.07, 6.45) is 6.55. The highest BCUT2D eigenvalue weighted by molar-refractivity contribution is 8.27. The molecule has 3 nitrogen and oxygen atoms in total. The van der Waals surface area contributed by atoms with Crippen molar-refractivity contribution in [1.29, 1.82) is 0 Å². The van der Waals surface area contributed by atoms with Crippen molar-refractivity contribution in [2.75, 3.05) is 4.90 Å². The molecule has 0 radical (unpaired) electrons. The Kier molecular flexibility index (Phi) is 6.39. The lowest BCUT2D eigenvalue weighted by molar-refractivity contribution is -0.113. The molecule has 1 fully saturated rings.